The zero-order valence-electron chi connectivity index (χ0n) is 9.86. The quantitative estimate of drug-likeness (QED) is 0.877. The van der Waals surface area contributed by atoms with Crippen LogP contribution in [-0.2, 0) is 18.4 Å². The fourth-order valence-corrected chi connectivity index (χ4v) is 3.49. The van der Waals surface area contributed by atoms with Crippen LogP contribution in [0, 0.1) is 0 Å². The zero-order valence-corrected chi connectivity index (χ0v) is 10.7. The van der Waals surface area contributed by atoms with E-state index in [1.807, 2.05) is 11.3 Å². The minimum atomic E-state index is -0.0966. The lowest BCUT2D eigenvalue weighted by atomic mass is 9.88. The van der Waals surface area contributed by atoms with Crippen LogP contribution < -0.4 is 5.73 Å². The molecule has 0 amide bonds. The molecule has 1 aromatic carbocycles. The van der Waals surface area contributed by atoms with Crippen LogP contribution in [0.25, 0.3) is 0 Å². The minimum Gasteiger partial charge on any atom is -0.321 e. The van der Waals surface area contributed by atoms with E-state index in [4.69, 9.17) is 5.73 Å². The monoisotopic (exact) mass is 243 g/mol. The summed E-state index contributed by atoms with van der Waals surface area (Å²) in [6, 6.07) is 13.0. The van der Waals surface area contributed by atoms with Gasteiger partial charge >= 0.3 is 0 Å². The molecule has 17 heavy (non-hydrogen) atoms. The summed E-state index contributed by atoms with van der Waals surface area (Å²) in [6.45, 7) is 0. The van der Waals surface area contributed by atoms with Gasteiger partial charge in [-0.25, -0.2) is 0 Å². The van der Waals surface area contributed by atoms with Crippen molar-refractivity contribution in [2.75, 3.05) is 0 Å². The standard InChI is InChI=1S/C15H17NS/c16-15(10-8-13-5-3-11-17-13)9-7-12-4-1-2-6-14(12)15/h1-6,11H,7-10,16H2. The summed E-state index contributed by atoms with van der Waals surface area (Å²) in [4.78, 5) is 1.44. The van der Waals surface area contributed by atoms with Crippen LogP contribution in [0.5, 0.6) is 0 Å². The van der Waals surface area contributed by atoms with Crippen molar-refractivity contribution in [2.24, 2.45) is 5.73 Å². The van der Waals surface area contributed by atoms with E-state index in [0.717, 1.165) is 25.7 Å². The van der Waals surface area contributed by atoms with Gasteiger partial charge in [-0.3, -0.25) is 0 Å². The fraction of sp³-hybridized carbons (Fsp3) is 0.333. The maximum absolute atomic E-state index is 6.59. The Morgan fingerprint density at radius 2 is 2.06 bits per heavy atom. The molecule has 1 nitrogen and oxygen atoms in total. The highest BCUT2D eigenvalue weighted by Crippen LogP contribution is 2.38. The van der Waals surface area contributed by atoms with E-state index in [1.165, 1.54) is 16.0 Å². The van der Waals surface area contributed by atoms with Gasteiger partial charge in [0.05, 0.1) is 0 Å². The highest BCUT2D eigenvalue weighted by atomic mass is 32.1. The number of rotatable bonds is 3. The van der Waals surface area contributed by atoms with Gasteiger partial charge in [0.2, 0.25) is 0 Å². The molecule has 3 rings (SSSR count). The molecule has 0 bridgehead atoms. The van der Waals surface area contributed by atoms with Gasteiger partial charge in [0.1, 0.15) is 0 Å². The molecule has 0 spiro atoms. The second-order valence-electron chi connectivity index (χ2n) is 4.89. The Hall–Kier alpha value is -1.12. The molecule has 0 fully saturated rings. The second-order valence-corrected chi connectivity index (χ2v) is 5.92. The first kappa shape index (κ1) is 11.0. The van der Waals surface area contributed by atoms with Crippen LogP contribution in [0.1, 0.15) is 28.8 Å². The number of nitrogens with two attached hydrogens (primary N) is 1. The molecule has 0 radical (unpaired) electrons. The van der Waals surface area contributed by atoms with Crippen LogP contribution in [0.3, 0.4) is 0 Å². The molecule has 2 N–H and O–H groups in total. The Balaban J connectivity index is 1.79. The maximum Gasteiger partial charge on any atom is 0.0419 e. The Labute approximate surface area is 106 Å². The lowest BCUT2D eigenvalue weighted by Gasteiger charge is -2.25. The molecule has 2 aromatic rings. The predicted molar refractivity (Wildman–Crippen MR) is 73.3 cm³/mol. The summed E-state index contributed by atoms with van der Waals surface area (Å²) in [5.74, 6) is 0. The summed E-state index contributed by atoms with van der Waals surface area (Å²) in [6.07, 6.45) is 4.39. The molecule has 1 aliphatic rings. The highest BCUT2D eigenvalue weighted by molar-refractivity contribution is 7.09. The summed E-state index contributed by atoms with van der Waals surface area (Å²) in [5, 5.41) is 2.14. The van der Waals surface area contributed by atoms with E-state index in [-0.39, 0.29) is 5.54 Å². The Kier molecular flexibility index (Phi) is 2.77. The van der Waals surface area contributed by atoms with Crippen LogP contribution >= 0.6 is 11.3 Å². The second kappa shape index (κ2) is 4.28. The first-order valence-electron chi connectivity index (χ1n) is 6.18. The van der Waals surface area contributed by atoms with Gasteiger partial charge in [-0.1, -0.05) is 30.3 Å². The van der Waals surface area contributed by atoms with E-state index in [9.17, 15) is 0 Å². The molecule has 88 valence electrons. The van der Waals surface area contributed by atoms with Gasteiger partial charge in [-0.15, -0.1) is 11.3 Å². The Bertz CT molecular complexity index is 503. The average Bonchev–Trinajstić information content (AvgIpc) is 2.97. The third-order valence-corrected chi connectivity index (χ3v) is 4.73. The van der Waals surface area contributed by atoms with Crippen LogP contribution in [0.2, 0.25) is 0 Å². The van der Waals surface area contributed by atoms with Crippen LogP contribution in [-0.4, -0.2) is 0 Å². The van der Waals surface area contributed by atoms with Gasteiger partial charge in [-0.05, 0) is 48.3 Å². The molecular weight excluding hydrogens is 226 g/mol. The Morgan fingerprint density at radius 3 is 2.88 bits per heavy atom. The Morgan fingerprint density at radius 1 is 1.18 bits per heavy atom. The topological polar surface area (TPSA) is 26.0 Å². The molecular formula is C15H17NS. The SMILES string of the molecule is NC1(CCc2cccs2)CCc2ccccc21. The molecule has 0 aliphatic heterocycles. The van der Waals surface area contributed by atoms with Crippen molar-refractivity contribution in [3.8, 4) is 0 Å². The zero-order chi connectivity index (χ0) is 11.7. The molecule has 2 heteroatoms. The predicted octanol–water partition coefficient (Wildman–Crippen LogP) is 3.48. The summed E-state index contributed by atoms with van der Waals surface area (Å²) < 4.78 is 0. The summed E-state index contributed by atoms with van der Waals surface area (Å²) >= 11 is 1.83. The number of aryl methyl sites for hydroxylation is 2. The third-order valence-electron chi connectivity index (χ3n) is 3.79. The number of benzene rings is 1. The molecule has 1 unspecified atom stereocenters. The van der Waals surface area contributed by atoms with E-state index in [1.54, 1.807) is 0 Å². The van der Waals surface area contributed by atoms with Gasteiger partial charge in [0.25, 0.3) is 0 Å². The van der Waals surface area contributed by atoms with Crippen molar-refractivity contribution in [2.45, 2.75) is 31.2 Å². The van der Waals surface area contributed by atoms with Crippen molar-refractivity contribution in [1.82, 2.24) is 0 Å². The van der Waals surface area contributed by atoms with E-state index in [2.05, 4.69) is 41.8 Å². The number of hydrogen-bond acceptors (Lipinski definition) is 2. The van der Waals surface area contributed by atoms with E-state index in [0.29, 0.717) is 0 Å². The third kappa shape index (κ3) is 2.03. The lowest BCUT2D eigenvalue weighted by molar-refractivity contribution is 0.408. The molecule has 1 atom stereocenters. The van der Waals surface area contributed by atoms with Gasteiger partial charge < -0.3 is 5.73 Å². The van der Waals surface area contributed by atoms with Crippen molar-refractivity contribution < 1.29 is 0 Å². The van der Waals surface area contributed by atoms with Crippen molar-refractivity contribution in [3.63, 3.8) is 0 Å². The molecule has 1 heterocycles. The molecule has 0 saturated heterocycles. The summed E-state index contributed by atoms with van der Waals surface area (Å²) in [7, 11) is 0. The maximum atomic E-state index is 6.59. The molecule has 1 aliphatic carbocycles. The fourth-order valence-electron chi connectivity index (χ4n) is 2.78. The van der Waals surface area contributed by atoms with Gasteiger partial charge in [0, 0.05) is 10.4 Å². The smallest absolute Gasteiger partial charge is 0.0419 e. The lowest BCUT2D eigenvalue weighted by Crippen LogP contribution is -2.34. The van der Waals surface area contributed by atoms with E-state index < -0.39 is 0 Å². The summed E-state index contributed by atoms with van der Waals surface area (Å²) in [5.41, 5.74) is 9.31. The van der Waals surface area contributed by atoms with Crippen molar-refractivity contribution in [1.29, 1.82) is 0 Å². The first-order chi connectivity index (χ1) is 8.28. The van der Waals surface area contributed by atoms with Crippen LogP contribution in [0.15, 0.2) is 41.8 Å². The normalized spacial score (nSPS) is 22.6. The van der Waals surface area contributed by atoms with Crippen molar-refractivity contribution in [3.05, 3.63) is 57.8 Å². The van der Waals surface area contributed by atoms with Crippen LogP contribution in [0.4, 0.5) is 0 Å². The first-order valence-corrected chi connectivity index (χ1v) is 7.06. The largest absolute Gasteiger partial charge is 0.321 e. The van der Waals surface area contributed by atoms with Gasteiger partial charge in [-0.2, -0.15) is 0 Å². The van der Waals surface area contributed by atoms with Crippen molar-refractivity contribution >= 4 is 11.3 Å². The van der Waals surface area contributed by atoms with Gasteiger partial charge in [0.15, 0.2) is 0 Å². The molecule has 1 aromatic heterocycles. The molecule has 0 saturated carbocycles. The highest BCUT2D eigenvalue weighted by Gasteiger charge is 2.34. The minimum absolute atomic E-state index is 0.0966. The van der Waals surface area contributed by atoms with E-state index >= 15 is 0 Å². The average molecular weight is 243 g/mol. The number of thiophene rings is 1. The number of fused-ring (bicyclic) bond motifs is 1. The number of hydrogen-bond donors (Lipinski definition) is 1.